The summed E-state index contributed by atoms with van der Waals surface area (Å²) >= 11 is 3.55. The Morgan fingerprint density at radius 2 is 1.54 bits per heavy atom. The van der Waals surface area contributed by atoms with Gasteiger partial charge in [0, 0.05) is 33.8 Å². The molecule has 1 aliphatic carbocycles. The zero-order chi connectivity index (χ0) is 18.3. The first-order chi connectivity index (χ1) is 12.6. The number of aromatic nitrogens is 2. The van der Waals surface area contributed by atoms with Gasteiger partial charge >= 0.3 is 5.97 Å². The molecule has 0 spiro atoms. The molecular weight excluding hydrogens is 392 g/mol. The summed E-state index contributed by atoms with van der Waals surface area (Å²) in [5.41, 5.74) is 5.16. The lowest BCUT2D eigenvalue weighted by Gasteiger charge is -2.19. The molecule has 0 amide bonds. The van der Waals surface area contributed by atoms with Gasteiger partial charge in [0.05, 0.1) is 17.0 Å². The van der Waals surface area contributed by atoms with E-state index in [1.807, 2.05) is 67.7 Å². The second-order valence-corrected chi connectivity index (χ2v) is 6.87. The SMILES string of the molecule is Cn1nc(-c2ccccc2)c2c(Br)cc(C(=O)O)c-2c1-c1ccccc1. The van der Waals surface area contributed by atoms with Crippen LogP contribution >= 0.6 is 15.9 Å². The van der Waals surface area contributed by atoms with Gasteiger partial charge in [-0.15, -0.1) is 0 Å². The van der Waals surface area contributed by atoms with Crippen molar-refractivity contribution >= 4 is 21.9 Å². The molecule has 0 radical (unpaired) electrons. The van der Waals surface area contributed by atoms with Crippen LogP contribution < -0.4 is 0 Å². The lowest BCUT2D eigenvalue weighted by molar-refractivity contribution is 0.0698. The van der Waals surface area contributed by atoms with Crippen molar-refractivity contribution in [3.8, 4) is 33.6 Å². The van der Waals surface area contributed by atoms with Gasteiger partial charge in [0.1, 0.15) is 0 Å². The van der Waals surface area contributed by atoms with E-state index in [9.17, 15) is 9.90 Å². The number of hydrogen-bond acceptors (Lipinski definition) is 2. The quantitative estimate of drug-likeness (QED) is 0.500. The van der Waals surface area contributed by atoms with E-state index in [1.54, 1.807) is 10.7 Å². The number of halogens is 1. The zero-order valence-corrected chi connectivity index (χ0v) is 15.6. The van der Waals surface area contributed by atoms with Gasteiger partial charge in [-0.2, -0.15) is 5.10 Å². The molecule has 2 aromatic rings. The summed E-state index contributed by atoms with van der Waals surface area (Å²) in [6, 6.07) is 21.2. The number of aryl methyl sites for hydroxylation is 1. The second kappa shape index (κ2) is 6.42. The molecule has 2 aliphatic rings. The summed E-state index contributed by atoms with van der Waals surface area (Å²) in [5, 5.41) is 14.5. The van der Waals surface area contributed by atoms with Gasteiger partial charge in [-0.3, -0.25) is 4.68 Å². The molecule has 2 aromatic carbocycles. The Balaban J connectivity index is 2.13. The maximum atomic E-state index is 11.9. The van der Waals surface area contributed by atoms with E-state index in [4.69, 9.17) is 5.10 Å². The van der Waals surface area contributed by atoms with E-state index in [1.165, 1.54) is 0 Å². The predicted molar refractivity (Wildman–Crippen MR) is 105 cm³/mol. The minimum absolute atomic E-state index is 0.265. The first-order valence-corrected chi connectivity index (χ1v) is 8.90. The van der Waals surface area contributed by atoms with E-state index in [2.05, 4.69) is 15.9 Å². The standard InChI is InChI=1S/C21H15BrN2O2/c1-24-20(14-10-6-3-7-11-14)17-15(21(25)26)12-16(22)18(17)19(23-24)13-8-4-2-5-9-13/h2-12H,1H3,(H,25,26). The number of nitrogens with zero attached hydrogens (tertiary/aromatic N) is 2. The van der Waals surface area contributed by atoms with Crippen LogP contribution in [0, 0.1) is 0 Å². The molecule has 1 N–H and O–H groups in total. The van der Waals surface area contributed by atoms with Crippen LogP contribution in [0.2, 0.25) is 0 Å². The second-order valence-electron chi connectivity index (χ2n) is 6.01. The summed E-state index contributed by atoms with van der Waals surface area (Å²) in [5.74, 6) is -0.955. The van der Waals surface area contributed by atoms with E-state index in [0.717, 1.165) is 32.6 Å². The van der Waals surface area contributed by atoms with Gasteiger partial charge in [-0.1, -0.05) is 76.6 Å². The lowest BCUT2D eigenvalue weighted by atomic mass is 9.96. The molecule has 1 aliphatic heterocycles. The van der Waals surface area contributed by atoms with Gasteiger partial charge in [0.15, 0.2) is 0 Å². The summed E-state index contributed by atoms with van der Waals surface area (Å²) in [6.45, 7) is 0. The van der Waals surface area contributed by atoms with E-state index < -0.39 is 5.97 Å². The first kappa shape index (κ1) is 16.5. The van der Waals surface area contributed by atoms with Crippen molar-refractivity contribution in [2.24, 2.45) is 7.05 Å². The number of benzene rings is 2. The largest absolute Gasteiger partial charge is 0.478 e. The number of rotatable bonds is 3. The summed E-state index contributed by atoms with van der Waals surface area (Å²) in [6.07, 6.45) is 0. The Kier molecular flexibility index (Phi) is 4.09. The third kappa shape index (κ3) is 2.61. The van der Waals surface area contributed by atoms with Crippen molar-refractivity contribution in [2.75, 3.05) is 0 Å². The smallest absolute Gasteiger partial charge is 0.336 e. The normalized spacial score (nSPS) is 11.0. The molecule has 0 bridgehead atoms. The highest BCUT2D eigenvalue weighted by atomic mass is 79.9. The van der Waals surface area contributed by atoms with Crippen LogP contribution in [0.4, 0.5) is 0 Å². The molecule has 4 rings (SSSR count). The van der Waals surface area contributed by atoms with Gasteiger partial charge < -0.3 is 5.11 Å². The molecule has 4 nitrogen and oxygen atoms in total. The molecule has 0 fully saturated rings. The number of carboxylic acid groups (broad SMARTS) is 1. The third-order valence-electron chi connectivity index (χ3n) is 4.40. The lowest BCUT2D eigenvalue weighted by Crippen LogP contribution is -2.09. The molecule has 0 aromatic heterocycles. The van der Waals surface area contributed by atoms with Crippen molar-refractivity contribution in [3.05, 3.63) is 76.8 Å². The van der Waals surface area contributed by atoms with Crippen molar-refractivity contribution < 1.29 is 9.90 Å². The molecule has 5 heteroatoms. The maximum absolute atomic E-state index is 11.9. The molecule has 0 atom stereocenters. The zero-order valence-electron chi connectivity index (χ0n) is 14.0. The Morgan fingerprint density at radius 3 is 2.12 bits per heavy atom. The van der Waals surface area contributed by atoms with E-state index >= 15 is 0 Å². The fourth-order valence-corrected chi connectivity index (χ4v) is 3.92. The van der Waals surface area contributed by atoms with Crippen molar-refractivity contribution in [1.29, 1.82) is 0 Å². The fourth-order valence-electron chi connectivity index (χ4n) is 3.31. The van der Waals surface area contributed by atoms with E-state index in [-0.39, 0.29) is 5.56 Å². The third-order valence-corrected chi connectivity index (χ3v) is 5.03. The van der Waals surface area contributed by atoms with Crippen LogP contribution in [0.1, 0.15) is 10.4 Å². The van der Waals surface area contributed by atoms with Crippen LogP contribution in [0.25, 0.3) is 33.6 Å². The van der Waals surface area contributed by atoms with Crippen molar-refractivity contribution in [3.63, 3.8) is 0 Å². The summed E-state index contributed by atoms with van der Waals surface area (Å²) in [7, 11) is 1.85. The minimum atomic E-state index is -0.955. The summed E-state index contributed by atoms with van der Waals surface area (Å²) < 4.78 is 2.49. The Morgan fingerprint density at radius 1 is 0.962 bits per heavy atom. The first-order valence-electron chi connectivity index (χ1n) is 8.11. The van der Waals surface area contributed by atoms with Gasteiger partial charge in [-0.25, -0.2) is 4.79 Å². The number of aromatic carboxylic acids is 1. The van der Waals surface area contributed by atoms with Crippen molar-refractivity contribution in [2.45, 2.75) is 0 Å². The molecule has 26 heavy (non-hydrogen) atoms. The average molecular weight is 407 g/mol. The Bertz CT molecular complexity index is 1070. The molecular formula is C21H15BrN2O2. The van der Waals surface area contributed by atoms with Crippen LogP contribution in [0.5, 0.6) is 0 Å². The highest BCUT2D eigenvalue weighted by Gasteiger charge is 2.29. The maximum Gasteiger partial charge on any atom is 0.336 e. The number of carbonyl (C=O) groups is 1. The Labute approximate surface area is 159 Å². The Hall–Kier alpha value is -2.92. The predicted octanol–water partition coefficient (Wildman–Crippen LogP) is 5.32. The summed E-state index contributed by atoms with van der Waals surface area (Å²) in [4.78, 5) is 11.9. The minimum Gasteiger partial charge on any atom is -0.478 e. The number of hydrogen-bond donors (Lipinski definition) is 1. The highest BCUT2D eigenvalue weighted by Crippen LogP contribution is 2.46. The van der Waals surface area contributed by atoms with Crippen molar-refractivity contribution in [1.82, 2.24) is 9.78 Å². The molecule has 128 valence electrons. The molecule has 0 saturated carbocycles. The van der Waals surface area contributed by atoms with Gasteiger partial charge in [0.2, 0.25) is 0 Å². The van der Waals surface area contributed by atoms with Crippen LogP contribution in [-0.2, 0) is 7.05 Å². The molecule has 0 saturated heterocycles. The van der Waals surface area contributed by atoms with Crippen LogP contribution in [0.15, 0.2) is 71.2 Å². The molecule has 1 heterocycles. The monoisotopic (exact) mass is 406 g/mol. The highest BCUT2D eigenvalue weighted by molar-refractivity contribution is 9.10. The molecule has 0 unspecified atom stereocenters. The number of carboxylic acids is 1. The van der Waals surface area contributed by atoms with Crippen LogP contribution in [-0.4, -0.2) is 20.9 Å². The average Bonchev–Trinajstić information content (AvgIpc) is 3.00. The fraction of sp³-hybridized carbons (Fsp3) is 0.0476. The van der Waals surface area contributed by atoms with E-state index in [0.29, 0.717) is 5.56 Å². The van der Waals surface area contributed by atoms with Gasteiger partial charge in [-0.05, 0) is 6.07 Å². The topological polar surface area (TPSA) is 55.1 Å². The number of fused-ring (bicyclic) bond motifs is 1. The van der Waals surface area contributed by atoms with Crippen LogP contribution in [0.3, 0.4) is 0 Å². The van der Waals surface area contributed by atoms with Gasteiger partial charge in [0.25, 0.3) is 0 Å².